The highest BCUT2D eigenvalue weighted by molar-refractivity contribution is 9.11. The molecule has 0 atom stereocenters. The number of anilines is 1. The second-order valence-corrected chi connectivity index (χ2v) is 5.90. The Kier molecular flexibility index (Phi) is 3.66. The zero-order valence-corrected chi connectivity index (χ0v) is 13.1. The number of hydrogen-bond donors (Lipinski definition) is 1. The molecule has 1 aliphatic heterocycles. The summed E-state index contributed by atoms with van der Waals surface area (Å²) in [6.07, 6.45) is 0. The summed E-state index contributed by atoms with van der Waals surface area (Å²) in [5.74, 6) is 1.65. The first kappa shape index (κ1) is 12.8. The van der Waals surface area contributed by atoms with Gasteiger partial charge in [-0.1, -0.05) is 28.1 Å². The third-order valence-corrected chi connectivity index (χ3v) is 4.03. The highest BCUT2D eigenvalue weighted by Crippen LogP contribution is 2.36. The van der Waals surface area contributed by atoms with Gasteiger partial charge in [-0.3, -0.25) is 0 Å². The number of para-hydroxylation sites is 1. The summed E-state index contributed by atoms with van der Waals surface area (Å²) in [7, 11) is 0. The van der Waals surface area contributed by atoms with Crippen molar-refractivity contribution in [3.63, 3.8) is 0 Å². The minimum Gasteiger partial charge on any atom is -0.454 e. The summed E-state index contributed by atoms with van der Waals surface area (Å²) in [5.41, 5.74) is 2.13. The summed E-state index contributed by atoms with van der Waals surface area (Å²) in [5, 5.41) is 3.38. The molecule has 3 nitrogen and oxygen atoms in total. The highest BCUT2D eigenvalue weighted by Gasteiger charge is 2.16. The Morgan fingerprint density at radius 1 is 1.11 bits per heavy atom. The Bertz CT molecular complexity index is 616. The van der Waals surface area contributed by atoms with Crippen molar-refractivity contribution in [3.8, 4) is 11.5 Å². The SMILES string of the molecule is Brc1ccc(NCc2cccc3c2OCO3)c(Br)c1. The second-order valence-electron chi connectivity index (χ2n) is 4.13. The molecule has 19 heavy (non-hydrogen) atoms. The van der Waals surface area contributed by atoms with E-state index in [0.717, 1.165) is 31.7 Å². The first-order chi connectivity index (χ1) is 9.24. The molecule has 0 radical (unpaired) electrons. The lowest BCUT2D eigenvalue weighted by atomic mass is 10.2. The number of nitrogens with one attached hydrogen (secondary N) is 1. The second kappa shape index (κ2) is 5.43. The van der Waals surface area contributed by atoms with Crippen LogP contribution in [-0.4, -0.2) is 6.79 Å². The van der Waals surface area contributed by atoms with Gasteiger partial charge in [0.25, 0.3) is 0 Å². The Morgan fingerprint density at radius 2 is 2.00 bits per heavy atom. The molecule has 0 aliphatic carbocycles. The fourth-order valence-electron chi connectivity index (χ4n) is 1.95. The zero-order valence-electron chi connectivity index (χ0n) is 9.95. The van der Waals surface area contributed by atoms with Crippen LogP contribution < -0.4 is 14.8 Å². The van der Waals surface area contributed by atoms with E-state index in [1.165, 1.54) is 0 Å². The smallest absolute Gasteiger partial charge is 0.231 e. The molecule has 0 aromatic heterocycles. The van der Waals surface area contributed by atoms with Crippen molar-refractivity contribution in [1.29, 1.82) is 0 Å². The number of benzene rings is 2. The fraction of sp³-hybridized carbons (Fsp3) is 0.143. The van der Waals surface area contributed by atoms with Gasteiger partial charge in [0.15, 0.2) is 11.5 Å². The molecule has 0 fully saturated rings. The molecule has 98 valence electrons. The average Bonchev–Trinajstić information content (AvgIpc) is 2.86. The maximum Gasteiger partial charge on any atom is 0.231 e. The van der Waals surface area contributed by atoms with Crippen LogP contribution in [0.2, 0.25) is 0 Å². The van der Waals surface area contributed by atoms with Gasteiger partial charge in [0.1, 0.15) is 0 Å². The van der Waals surface area contributed by atoms with E-state index in [1.807, 2.05) is 36.4 Å². The van der Waals surface area contributed by atoms with Crippen molar-refractivity contribution >= 4 is 37.5 Å². The summed E-state index contributed by atoms with van der Waals surface area (Å²) in [4.78, 5) is 0. The van der Waals surface area contributed by atoms with Crippen molar-refractivity contribution in [2.45, 2.75) is 6.54 Å². The van der Waals surface area contributed by atoms with Gasteiger partial charge in [0.05, 0.1) is 0 Å². The number of halogens is 2. The number of hydrogen-bond acceptors (Lipinski definition) is 3. The van der Waals surface area contributed by atoms with E-state index < -0.39 is 0 Å². The van der Waals surface area contributed by atoms with Gasteiger partial charge < -0.3 is 14.8 Å². The van der Waals surface area contributed by atoms with Gasteiger partial charge in [0.2, 0.25) is 6.79 Å². The third-order valence-electron chi connectivity index (χ3n) is 2.88. The first-order valence-electron chi connectivity index (χ1n) is 5.80. The van der Waals surface area contributed by atoms with Crippen molar-refractivity contribution in [1.82, 2.24) is 0 Å². The van der Waals surface area contributed by atoms with Crippen LogP contribution in [0.15, 0.2) is 45.3 Å². The largest absolute Gasteiger partial charge is 0.454 e. The monoisotopic (exact) mass is 383 g/mol. The predicted octanol–water partition coefficient (Wildman–Crippen LogP) is 4.55. The van der Waals surface area contributed by atoms with Crippen LogP contribution in [0.25, 0.3) is 0 Å². The summed E-state index contributed by atoms with van der Waals surface area (Å²) < 4.78 is 12.9. The average molecular weight is 385 g/mol. The summed E-state index contributed by atoms with van der Waals surface area (Å²) >= 11 is 6.97. The molecular formula is C14H11Br2NO2. The van der Waals surface area contributed by atoms with Crippen molar-refractivity contribution in [2.75, 3.05) is 12.1 Å². The Hall–Kier alpha value is -1.20. The molecule has 0 bridgehead atoms. The van der Waals surface area contributed by atoms with E-state index >= 15 is 0 Å². The Morgan fingerprint density at radius 3 is 2.84 bits per heavy atom. The van der Waals surface area contributed by atoms with Gasteiger partial charge in [-0.2, -0.15) is 0 Å². The van der Waals surface area contributed by atoms with Gasteiger partial charge >= 0.3 is 0 Å². The van der Waals surface area contributed by atoms with Crippen molar-refractivity contribution < 1.29 is 9.47 Å². The molecule has 1 aliphatic rings. The lowest BCUT2D eigenvalue weighted by molar-refractivity contribution is 0.173. The van der Waals surface area contributed by atoms with E-state index in [0.29, 0.717) is 13.3 Å². The van der Waals surface area contributed by atoms with E-state index in [-0.39, 0.29) is 0 Å². The molecule has 2 aromatic rings. The van der Waals surface area contributed by atoms with Gasteiger partial charge in [0, 0.05) is 26.7 Å². The molecule has 0 saturated carbocycles. The summed E-state index contributed by atoms with van der Waals surface area (Å²) in [6.45, 7) is 0.987. The molecule has 5 heteroatoms. The number of fused-ring (bicyclic) bond motifs is 1. The topological polar surface area (TPSA) is 30.5 Å². The maximum atomic E-state index is 5.49. The molecule has 3 rings (SSSR count). The van der Waals surface area contributed by atoms with Crippen LogP contribution >= 0.6 is 31.9 Å². The summed E-state index contributed by atoms with van der Waals surface area (Å²) in [6, 6.07) is 12.0. The maximum absolute atomic E-state index is 5.49. The zero-order chi connectivity index (χ0) is 13.2. The predicted molar refractivity (Wildman–Crippen MR) is 81.7 cm³/mol. The normalized spacial score (nSPS) is 12.5. The molecule has 0 unspecified atom stereocenters. The van der Waals surface area contributed by atoms with Gasteiger partial charge in [-0.05, 0) is 40.2 Å². The standard InChI is InChI=1S/C14H11Br2NO2/c15-10-4-5-12(11(16)6-10)17-7-9-2-1-3-13-14(9)19-8-18-13/h1-6,17H,7-8H2. The van der Waals surface area contributed by atoms with Crippen LogP contribution in [0, 0.1) is 0 Å². The Balaban J connectivity index is 1.78. The van der Waals surface area contributed by atoms with E-state index in [9.17, 15) is 0 Å². The molecule has 0 saturated heterocycles. The van der Waals surface area contributed by atoms with E-state index in [4.69, 9.17) is 9.47 Å². The lowest BCUT2D eigenvalue weighted by Crippen LogP contribution is -2.01. The van der Waals surface area contributed by atoms with Crippen molar-refractivity contribution in [3.05, 3.63) is 50.9 Å². The molecule has 0 spiro atoms. The molecule has 0 amide bonds. The minimum absolute atomic E-state index is 0.300. The highest BCUT2D eigenvalue weighted by atomic mass is 79.9. The molecule has 2 aromatic carbocycles. The van der Waals surface area contributed by atoms with Crippen molar-refractivity contribution in [2.24, 2.45) is 0 Å². The van der Waals surface area contributed by atoms with Crippen LogP contribution in [0.4, 0.5) is 5.69 Å². The van der Waals surface area contributed by atoms with Gasteiger partial charge in [-0.25, -0.2) is 0 Å². The number of ether oxygens (including phenoxy) is 2. The molecule has 1 heterocycles. The number of rotatable bonds is 3. The van der Waals surface area contributed by atoms with E-state index in [2.05, 4.69) is 37.2 Å². The van der Waals surface area contributed by atoms with Crippen LogP contribution in [-0.2, 0) is 6.54 Å². The molecular weight excluding hydrogens is 374 g/mol. The minimum atomic E-state index is 0.300. The first-order valence-corrected chi connectivity index (χ1v) is 7.39. The fourth-order valence-corrected chi connectivity index (χ4v) is 3.14. The van der Waals surface area contributed by atoms with Gasteiger partial charge in [-0.15, -0.1) is 0 Å². The van der Waals surface area contributed by atoms with E-state index in [1.54, 1.807) is 0 Å². The molecule has 1 N–H and O–H groups in total. The van der Waals surface area contributed by atoms with Crippen LogP contribution in [0.3, 0.4) is 0 Å². The van der Waals surface area contributed by atoms with Crippen LogP contribution in [0.5, 0.6) is 11.5 Å². The quantitative estimate of drug-likeness (QED) is 0.841. The third kappa shape index (κ3) is 2.72. The Labute approximate surface area is 128 Å². The van der Waals surface area contributed by atoms with Crippen LogP contribution in [0.1, 0.15) is 5.56 Å². The lowest BCUT2D eigenvalue weighted by Gasteiger charge is -2.10.